The monoisotopic (exact) mass is 296 g/mol. The molecular formula is C10H12N6O3S. The summed E-state index contributed by atoms with van der Waals surface area (Å²) >= 11 is 1.46. The van der Waals surface area contributed by atoms with Crippen molar-refractivity contribution in [3.8, 4) is 0 Å². The van der Waals surface area contributed by atoms with Crippen LogP contribution in [0.1, 0.15) is 11.7 Å². The topological polar surface area (TPSA) is 139 Å². The fourth-order valence-electron chi connectivity index (χ4n) is 1.48. The Bertz CT molecular complexity index is 591. The molecule has 10 heteroatoms. The lowest BCUT2D eigenvalue weighted by Crippen LogP contribution is -2.16. The van der Waals surface area contributed by atoms with Crippen LogP contribution in [0.25, 0.3) is 0 Å². The van der Waals surface area contributed by atoms with Crippen molar-refractivity contribution in [2.24, 2.45) is 5.84 Å². The molecule has 5 N–H and O–H groups in total. The molecule has 106 valence electrons. The van der Waals surface area contributed by atoms with Crippen LogP contribution in [-0.2, 0) is 0 Å². The van der Waals surface area contributed by atoms with Crippen molar-refractivity contribution in [1.29, 1.82) is 0 Å². The van der Waals surface area contributed by atoms with Gasteiger partial charge in [0.1, 0.15) is 6.20 Å². The van der Waals surface area contributed by atoms with Crippen molar-refractivity contribution >= 4 is 28.8 Å². The molecule has 2 rings (SSSR count). The Kier molecular flexibility index (Phi) is 4.40. The van der Waals surface area contributed by atoms with E-state index in [2.05, 4.69) is 20.7 Å². The average Bonchev–Trinajstić information content (AvgIpc) is 2.98. The van der Waals surface area contributed by atoms with Gasteiger partial charge in [0.05, 0.1) is 11.0 Å². The number of aromatic nitrogens is 2. The largest absolute Gasteiger partial charge is 0.387 e. The smallest absolute Gasteiger partial charge is 0.329 e. The lowest BCUT2D eigenvalue weighted by Gasteiger charge is -2.11. The number of nitrogens with two attached hydrogens (primary N) is 1. The summed E-state index contributed by atoms with van der Waals surface area (Å²) in [6.45, 7) is 0.0819. The molecule has 2 heterocycles. The summed E-state index contributed by atoms with van der Waals surface area (Å²) < 4.78 is 0. The summed E-state index contributed by atoms with van der Waals surface area (Å²) in [6, 6.07) is 1.78. The third kappa shape index (κ3) is 3.17. The van der Waals surface area contributed by atoms with E-state index in [1.165, 1.54) is 11.3 Å². The zero-order valence-electron chi connectivity index (χ0n) is 10.2. The summed E-state index contributed by atoms with van der Waals surface area (Å²) in [4.78, 5) is 17.8. The first kappa shape index (κ1) is 14.1. The Balaban J connectivity index is 2.13. The van der Waals surface area contributed by atoms with E-state index < -0.39 is 11.0 Å². The molecule has 20 heavy (non-hydrogen) atoms. The van der Waals surface area contributed by atoms with Gasteiger partial charge in [-0.3, -0.25) is 15.5 Å². The van der Waals surface area contributed by atoms with Crippen molar-refractivity contribution in [2.75, 3.05) is 17.3 Å². The number of nitro groups is 1. The van der Waals surface area contributed by atoms with E-state index in [0.29, 0.717) is 0 Å². The van der Waals surface area contributed by atoms with Gasteiger partial charge in [-0.25, -0.2) is 10.8 Å². The highest BCUT2D eigenvalue weighted by atomic mass is 32.1. The van der Waals surface area contributed by atoms with Gasteiger partial charge in [0, 0.05) is 6.54 Å². The summed E-state index contributed by atoms with van der Waals surface area (Å²) in [5.74, 6) is 5.19. The van der Waals surface area contributed by atoms with Gasteiger partial charge < -0.3 is 10.4 Å². The molecule has 0 amide bonds. The predicted molar refractivity (Wildman–Crippen MR) is 74.3 cm³/mol. The molecule has 0 aliphatic carbocycles. The normalized spacial score (nSPS) is 11.9. The van der Waals surface area contributed by atoms with E-state index in [4.69, 9.17) is 5.84 Å². The van der Waals surface area contributed by atoms with Crippen molar-refractivity contribution < 1.29 is 10.0 Å². The number of aliphatic hydroxyl groups excluding tert-OH is 1. The standard InChI is InChI=1S/C10H12N6O3S/c11-15-10-13-3-7(16(18)19)9(14-10)12-4-8(17)6-1-2-20-5-6/h1-3,5,8,17H,4,11H2,(H2,12,13,14,15). The maximum absolute atomic E-state index is 10.9. The van der Waals surface area contributed by atoms with Gasteiger partial charge in [-0.15, -0.1) is 0 Å². The predicted octanol–water partition coefficient (Wildman–Crippen LogP) is 0.877. The summed E-state index contributed by atoms with van der Waals surface area (Å²) in [7, 11) is 0. The van der Waals surface area contributed by atoms with Gasteiger partial charge in [-0.1, -0.05) is 0 Å². The third-order valence-electron chi connectivity index (χ3n) is 2.49. The van der Waals surface area contributed by atoms with E-state index >= 15 is 0 Å². The number of nitrogen functional groups attached to an aromatic ring is 1. The first-order chi connectivity index (χ1) is 9.61. The molecule has 0 aliphatic heterocycles. The zero-order valence-corrected chi connectivity index (χ0v) is 11.0. The Labute approximate surface area is 117 Å². The highest BCUT2D eigenvalue weighted by Gasteiger charge is 2.18. The molecule has 0 saturated carbocycles. The van der Waals surface area contributed by atoms with E-state index in [9.17, 15) is 15.2 Å². The fourth-order valence-corrected chi connectivity index (χ4v) is 2.19. The maximum Gasteiger partial charge on any atom is 0.329 e. The second-order valence-electron chi connectivity index (χ2n) is 3.78. The molecule has 0 aliphatic rings. The summed E-state index contributed by atoms with van der Waals surface area (Å²) in [6.07, 6.45) is 0.256. The molecule has 2 aromatic rings. The molecule has 9 nitrogen and oxygen atoms in total. The molecule has 1 atom stereocenters. The number of rotatable bonds is 6. The molecule has 2 aromatic heterocycles. The highest BCUT2D eigenvalue weighted by Crippen LogP contribution is 2.23. The Morgan fingerprint density at radius 1 is 1.60 bits per heavy atom. The first-order valence-electron chi connectivity index (χ1n) is 5.54. The van der Waals surface area contributed by atoms with Gasteiger partial charge in [-0.05, 0) is 22.4 Å². The van der Waals surface area contributed by atoms with E-state index in [1.54, 1.807) is 11.4 Å². The van der Waals surface area contributed by atoms with Crippen LogP contribution >= 0.6 is 11.3 Å². The van der Waals surface area contributed by atoms with E-state index in [-0.39, 0.29) is 24.0 Å². The van der Waals surface area contributed by atoms with Crippen molar-refractivity contribution in [1.82, 2.24) is 9.97 Å². The van der Waals surface area contributed by atoms with Gasteiger partial charge in [0.25, 0.3) is 0 Å². The fraction of sp³-hybridized carbons (Fsp3) is 0.200. The number of aliphatic hydroxyl groups is 1. The minimum absolute atomic E-state index is 0.00719. The Morgan fingerprint density at radius 2 is 2.40 bits per heavy atom. The van der Waals surface area contributed by atoms with Gasteiger partial charge in [-0.2, -0.15) is 16.3 Å². The van der Waals surface area contributed by atoms with Crippen LogP contribution in [0.5, 0.6) is 0 Å². The molecule has 0 spiro atoms. The molecule has 0 saturated heterocycles. The Hall–Kier alpha value is -2.30. The third-order valence-corrected chi connectivity index (χ3v) is 3.19. The first-order valence-corrected chi connectivity index (χ1v) is 6.48. The van der Waals surface area contributed by atoms with Gasteiger partial charge >= 0.3 is 5.69 Å². The van der Waals surface area contributed by atoms with Gasteiger partial charge in [0.2, 0.25) is 11.8 Å². The van der Waals surface area contributed by atoms with Crippen molar-refractivity contribution in [3.63, 3.8) is 0 Å². The number of hydrogen-bond donors (Lipinski definition) is 4. The van der Waals surface area contributed by atoms with Crippen LogP contribution in [0.4, 0.5) is 17.5 Å². The molecule has 1 unspecified atom stereocenters. The lowest BCUT2D eigenvalue weighted by atomic mass is 10.2. The molecule has 0 aromatic carbocycles. The van der Waals surface area contributed by atoms with Crippen molar-refractivity contribution in [2.45, 2.75) is 6.10 Å². The van der Waals surface area contributed by atoms with Crippen molar-refractivity contribution in [3.05, 3.63) is 38.7 Å². The van der Waals surface area contributed by atoms with E-state index in [1.807, 2.05) is 5.38 Å². The maximum atomic E-state index is 10.9. The second kappa shape index (κ2) is 6.23. The van der Waals surface area contributed by atoms with Crippen LogP contribution in [-0.4, -0.2) is 26.5 Å². The summed E-state index contributed by atoms with van der Waals surface area (Å²) in [5.41, 5.74) is 2.65. The zero-order chi connectivity index (χ0) is 14.5. The number of hydrogen-bond acceptors (Lipinski definition) is 9. The molecular weight excluding hydrogens is 284 g/mol. The van der Waals surface area contributed by atoms with Crippen LogP contribution < -0.4 is 16.6 Å². The number of nitrogens with zero attached hydrogens (tertiary/aromatic N) is 3. The number of hydrazine groups is 1. The Morgan fingerprint density at radius 3 is 3.00 bits per heavy atom. The number of anilines is 2. The molecule has 0 bridgehead atoms. The van der Waals surface area contributed by atoms with Crippen LogP contribution in [0, 0.1) is 10.1 Å². The van der Waals surface area contributed by atoms with Crippen LogP contribution in [0.2, 0.25) is 0 Å². The number of nitrogens with one attached hydrogen (secondary N) is 2. The van der Waals surface area contributed by atoms with Crippen LogP contribution in [0.3, 0.4) is 0 Å². The SMILES string of the molecule is NNc1ncc([N+](=O)[O-])c(NCC(O)c2ccsc2)n1. The van der Waals surface area contributed by atoms with Crippen LogP contribution in [0.15, 0.2) is 23.0 Å². The second-order valence-corrected chi connectivity index (χ2v) is 4.56. The highest BCUT2D eigenvalue weighted by molar-refractivity contribution is 7.07. The average molecular weight is 296 g/mol. The molecule has 0 radical (unpaired) electrons. The quantitative estimate of drug-likeness (QED) is 0.350. The lowest BCUT2D eigenvalue weighted by molar-refractivity contribution is -0.384. The minimum atomic E-state index is -0.787. The molecule has 0 fully saturated rings. The minimum Gasteiger partial charge on any atom is -0.387 e. The summed E-state index contributed by atoms with van der Waals surface area (Å²) in [5, 5.41) is 27.1. The van der Waals surface area contributed by atoms with Gasteiger partial charge in [0.15, 0.2) is 0 Å². The van der Waals surface area contributed by atoms with E-state index in [0.717, 1.165) is 11.8 Å². The number of thiophene rings is 1.